The van der Waals surface area contributed by atoms with Gasteiger partial charge in [0.15, 0.2) is 0 Å². The number of nitro benzene ring substituents is 1. The minimum Gasteiger partial charge on any atom is -0.462 e. The van der Waals surface area contributed by atoms with Crippen LogP contribution in [-0.2, 0) is 14.3 Å². The minimum atomic E-state index is -0.986. The van der Waals surface area contributed by atoms with Crippen molar-refractivity contribution in [3.05, 3.63) is 39.9 Å². The number of benzene rings is 1. The number of ether oxygens (including phenoxy) is 2. The Morgan fingerprint density at radius 1 is 1.37 bits per heavy atom. The molecule has 2 atom stereocenters. The number of aliphatic imine (C=N–C) groups is 1. The Morgan fingerprint density at radius 2 is 2.04 bits per heavy atom. The van der Waals surface area contributed by atoms with Gasteiger partial charge in [-0.1, -0.05) is 12.1 Å². The van der Waals surface area contributed by atoms with E-state index in [4.69, 9.17) is 21.7 Å². The van der Waals surface area contributed by atoms with Crippen LogP contribution in [0.25, 0.3) is 0 Å². The van der Waals surface area contributed by atoms with Gasteiger partial charge in [0.05, 0.1) is 24.2 Å². The van der Waals surface area contributed by atoms with Crippen LogP contribution in [0.1, 0.15) is 32.4 Å². The van der Waals surface area contributed by atoms with Crippen LogP contribution in [0.15, 0.2) is 29.3 Å². The zero-order valence-corrected chi connectivity index (χ0v) is 16.1. The van der Waals surface area contributed by atoms with Crippen molar-refractivity contribution in [1.82, 2.24) is 4.90 Å². The molecule has 144 valence electrons. The fourth-order valence-corrected chi connectivity index (χ4v) is 3.16. The van der Waals surface area contributed by atoms with Crippen molar-refractivity contribution in [3.63, 3.8) is 0 Å². The van der Waals surface area contributed by atoms with Crippen LogP contribution in [0.2, 0.25) is 0 Å². The lowest BCUT2D eigenvalue weighted by atomic mass is 9.87. The standard InChI is InChI=1S/C17H19N3O6S/c1-9(2)26-15(21)13-10(3)18-16(27)19(17(22)25-4)14(13)11-6-5-7-12(8-11)20(23)24/h5-9,13-14H,1-4H3/t13?,14-/m1/s1. The topological polar surface area (TPSA) is 111 Å². The zero-order chi connectivity index (χ0) is 20.3. The molecule has 0 saturated carbocycles. The maximum atomic E-state index is 12.7. The first-order valence-corrected chi connectivity index (χ1v) is 8.49. The Balaban J connectivity index is 2.64. The summed E-state index contributed by atoms with van der Waals surface area (Å²) in [4.78, 5) is 40.8. The molecule has 1 unspecified atom stereocenters. The number of rotatable bonds is 4. The molecule has 0 radical (unpaired) electrons. The Hall–Kier alpha value is -2.88. The first-order valence-electron chi connectivity index (χ1n) is 8.08. The van der Waals surface area contributed by atoms with Gasteiger partial charge in [-0.25, -0.2) is 14.7 Å². The smallest absolute Gasteiger partial charge is 0.416 e. The van der Waals surface area contributed by atoms with E-state index in [1.807, 2.05) is 0 Å². The molecule has 0 bridgehead atoms. The monoisotopic (exact) mass is 393 g/mol. The highest BCUT2D eigenvalue weighted by Crippen LogP contribution is 2.37. The predicted octanol–water partition coefficient (Wildman–Crippen LogP) is 3.03. The molecule has 1 aromatic rings. The normalized spacial score (nSPS) is 19.5. The van der Waals surface area contributed by atoms with Crippen LogP contribution < -0.4 is 0 Å². The number of amides is 1. The molecule has 1 aromatic carbocycles. The van der Waals surface area contributed by atoms with Gasteiger partial charge in [0.2, 0.25) is 5.11 Å². The number of hydrogen-bond donors (Lipinski definition) is 0. The van der Waals surface area contributed by atoms with Crippen molar-refractivity contribution in [2.45, 2.75) is 32.9 Å². The molecule has 0 aromatic heterocycles. The summed E-state index contributed by atoms with van der Waals surface area (Å²) in [5.41, 5.74) is 0.513. The van der Waals surface area contributed by atoms with Gasteiger partial charge in [-0.3, -0.25) is 14.9 Å². The van der Waals surface area contributed by atoms with E-state index in [1.165, 1.54) is 25.3 Å². The number of methoxy groups -OCH3 is 1. The number of nitrogens with zero attached hydrogens (tertiary/aromatic N) is 3. The van der Waals surface area contributed by atoms with Crippen molar-refractivity contribution in [3.8, 4) is 0 Å². The average molecular weight is 393 g/mol. The van der Waals surface area contributed by atoms with Gasteiger partial charge in [0.1, 0.15) is 5.92 Å². The Labute approximate surface area is 161 Å². The van der Waals surface area contributed by atoms with Crippen LogP contribution in [0, 0.1) is 16.0 Å². The molecular weight excluding hydrogens is 374 g/mol. The molecule has 1 aliphatic heterocycles. The molecule has 0 fully saturated rings. The third kappa shape index (κ3) is 4.27. The van der Waals surface area contributed by atoms with Crippen molar-refractivity contribution < 1.29 is 24.0 Å². The van der Waals surface area contributed by atoms with Gasteiger partial charge in [-0.05, 0) is 38.6 Å². The average Bonchev–Trinajstić information content (AvgIpc) is 2.59. The summed E-state index contributed by atoms with van der Waals surface area (Å²) >= 11 is 5.19. The SMILES string of the molecule is COC(=O)N1C(=S)N=C(C)C(C(=O)OC(C)C)[C@H]1c1cccc([N+](=O)[O-])c1. The summed E-state index contributed by atoms with van der Waals surface area (Å²) in [6, 6.07) is 4.67. The second-order valence-electron chi connectivity index (χ2n) is 6.14. The van der Waals surface area contributed by atoms with Crippen molar-refractivity contribution in [1.29, 1.82) is 0 Å². The number of thiocarbonyl (C=S) groups is 1. The van der Waals surface area contributed by atoms with E-state index in [0.29, 0.717) is 11.3 Å². The summed E-state index contributed by atoms with van der Waals surface area (Å²) in [6.45, 7) is 4.98. The Kier molecular flexibility index (Phi) is 6.21. The van der Waals surface area contributed by atoms with E-state index in [9.17, 15) is 19.7 Å². The van der Waals surface area contributed by atoms with Gasteiger partial charge >= 0.3 is 12.1 Å². The minimum absolute atomic E-state index is 0.0931. The van der Waals surface area contributed by atoms with E-state index < -0.39 is 35.0 Å². The molecule has 27 heavy (non-hydrogen) atoms. The summed E-state index contributed by atoms with van der Waals surface area (Å²) in [6.07, 6.45) is -1.22. The quantitative estimate of drug-likeness (QED) is 0.334. The van der Waals surface area contributed by atoms with E-state index in [-0.39, 0.29) is 10.8 Å². The number of carbonyl (C=O) groups is 2. The maximum absolute atomic E-state index is 12.7. The van der Waals surface area contributed by atoms with E-state index in [2.05, 4.69) is 4.99 Å². The number of hydrogen-bond acceptors (Lipinski definition) is 7. The molecule has 0 spiro atoms. The van der Waals surface area contributed by atoms with Crippen molar-refractivity contribution in [2.24, 2.45) is 10.9 Å². The van der Waals surface area contributed by atoms with Gasteiger partial charge in [-0.15, -0.1) is 0 Å². The lowest BCUT2D eigenvalue weighted by Crippen LogP contribution is -2.49. The number of non-ortho nitro benzene ring substituents is 1. The molecule has 1 amide bonds. The molecule has 0 saturated heterocycles. The fraction of sp³-hybridized carbons (Fsp3) is 0.412. The van der Waals surface area contributed by atoms with Gasteiger partial charge in [0, 0.05) is 17.8 Å². The van der Waals surface area contributed by atoms with E-state index in [1.54, 1.807) is 26.8 Å². The molecular formula is C17H19N3O6S. The van der Waals surface area contributed by atoms with Crippen molar-refractivity contribution >= 4 is 40.8 Å². The number of esters is 1. The van der Waals surface area contributed by atoms with E-state index in [0.717, 1.165) is 4.90 Å². The third-order valence-electron chi connectivity index (χ3n) is 3.92. The molecule has 1 heterocycles. The summed E-state index contributed by atoms with van der Waals surface area (Å²) < 4.78 is 10.1. The third-order valence-corrected chi connectivity index (χ3v) is 4.21. The highest BCUT2D eigenvalue weighted by atomic mass is 32.1. The van der Waals surface area contributed by atoms with Gasteiger partial charge in [0.25, 0.3) is 5.69 Å². The number of nitro groups is 1. The zero-order valence-electron chi connectivity index (χ0n) is 15.2. The number of carbonyl (C=O) groups excluding carboxylic acids is 2. The van der Waals surface area contributed by atoms with Crippen LogP contribution in [0.3, 0.4) is 0 Å². The first kappa shape index (κ1) is 20.4. The lowest BCUT2D eigenvalue weighted by Gasteiger charge is -2.37. The largest absolute Gasteiger partial charge is 0.462 e. The summed E-state index contributed by atoms with van der Waals surface area (Å²) in [5.74, 6) is -1.60. The molecule has 2 rings (SSSR count). The van der Waals surface area contributed by atoms with Crippen molar-refractivity contribution in [2.75, 3.05) is 7.11 Å². The molecule has 1 aliphatic rings. The van der Waals surface area contributed by atoms with Gasteiger partial charge < -0.3 is 9.47 Å². The first-order chi connectivity index (χ1) is 12.7. The van der Waals surface area contributed by atoms with Gasteiger partial charge in [-0.2, -0.15) is 0 Å². The van der Waals surface area contributed by atoms with Crippen LogP contribution in [0.4, 0.5) is 10.5 Å². The fourth-order valence-electron chi connectivity index (χ4n) is 2.83. The molecule has 0 N–H and O–H groups in total. The predicted molar refractivity (Wildman–Crippen MR) is 101 cm³/mol. The Morgan fingerprint density at radius 3 is 2.59 bits per heavy atom. The van der Waals surface area contributed by atoms with E-state index >= 15 is 0 Å². The second kappa shape index (κ2) is 8.21. The summed E-state index contributed by atoms with van der Waals surface area (Å²) in [5, 5.41) is 11.1. The second-order valence-corrected chi connectivity index (χ2v) is 6.50. The lowest BCUT2D eigenvalue weighted by molar-refractivity contribution is -0.385. The van der Waals surface area contributed by atoms with Crippen LogP contribution in [-0.4, -0.2) is 45.9 Å². The highest BCUT2D eigenvalue weighted by molar-refractivity contribution is 7.80. The molecule has 10 heteroatoms. The Bertz CT molecular complexity index is 823. The maximum Gasteiger partial charge on any atom is 0.416 e. The highest BCUT2D eigenvalue weighted by Gasteiger charge is 2.45. The van der Waals surface area contributed by atoms with Crippen LogP contribution >= 0.6 is 12.2 Å². The molecule has 9 nitrogen and oxygen atoms in total. The molecule has 0 aliphatic carbocycles. The van der Waals surface area contributed by atoms with Crippen LogP contribution in [0.5, 0.6) is 0 Å². The summed E-state index contributed by atoms with van der Waals surface area (Å²) in [7, 11) is 1.17.